The lowest BCUT2D eigenvalue weighted by Crippen LogP contribution is -2.19. The van der Waals surface area contributed by atoms with Crippen molar-refractivity contribution in [3.8, 4) is 0 Å². The van der Waals surface area contributed by atoms with Crippen LogP contribution in [0.2, 0.25) is 0 Å². The second-order valence-corrected chi connectivity index (χ2v) is 7.38. The minimum absolute atomic E-state index is 0.291. The van der Waals surface area contributed by atoms with Crippen LogP contribution in [0.25, 0.3) is 0 Å². The Kier molecular flexibility index (Phi) is 10.9. The summed E-state index contributed by atoms with van der Waals surface area (Å²) in [6.45, 7) is 8.57. The molecule has 0 aromatic rings. The highest BCUT2D eigenvalue weighted by Gasteiger charge is 2.22. The van der Waals surface area contributed by atoms with Crippen molar-refractivity contribution in [3.05, 3.63) is 24.7 Å². The second-order valence-electron chi connectivity index (χ2n) is 7.38. The molecule has 1 saturated carbocycles. The van der Waals surface area contributed by atoms with Gasteiger partial charge in [-0.3, -0.25) is 0 Å². The first-order valence-electron chi connectivity index (χ1n) is 9.72. The molecule has 0 aliphatic heterocycles. The minimum atomic E-state index is 0.291. The molecule has 2 heteroatoms. The molecule has 1 fully saturated rings. The van der Waals surface area contributed by atoms with Crippen LogP contribution in [0.1, 0.15) is 85.5 Å². The van der Waals surface area contributed by atoms with Crippen LogP contribution in [0.5, 0.6) is 0 Å². The largest absolute Gasteiger partial charge is 0.499 e. The fourth-order valence-electron chi connectivity index (χ4n) is 3.27. The third-order valence-corrected chi connectivity index (χ3v) is 4.68. The van der Waals surface area contributed by atoms with Crippen LogP contribution in [-0.4, -0.2) is 12.2 Å². The topological polar surface area (TPSA) is 18.5 Å². The molecule has 1 rings (SSSR count). The van der Waals surface area contributed by atoms with Crippen molar-refractivity contribution >= 4 is 0 Å². The summed E-state index contributed by atoms with van der Waals surface area (Å²) in [5.74, 6) is 1.70. The summed E-state index contributed by atoms with van der Waals surface area (Å²) >= 11 is 0. The van der Waals surface area contributed by atoms with Crippen molar-refractivity contribution in [3.63, 3.8) is 0 Å². The lowest BCUT2D eigenvalue weighted by Gasteiger charge is -2.29. The van der Waals surface area contributed by atoms with E-state index >= 15 is 0 Å². The highest BCUT2D eigenvalue weighted by atomic mass is 16.5. The van der Waals surface area contributed by atoms with Crippen LogP contribution in [0.3, 0.4) is 0 Å². The molecule has 0 aromatic carbocycles. The van der Waals surface area contributed by atoms with Crippen molar-refractivity contribution < 1.29 is 9.47 Å². The molecule has 1 unspecified atom stereocenters. The normalized spacial score (nSPS) is 23.7. The van der Waals surface area contributed by atoms with Crippen LogP contribution in [0, 0.1) is 11.8 Å². The Morgan fingerprint density at radius 3 is 2.22 bits per heavy atom. The molecule has 0 amide bonds. The number of hydrogen-bond donors (Lipinski definition) is 0. The van der Waals surface area contributed by atoms with E-state index in [1.165, 1.54) is 51.4 Å². The number of allylic oxidation sites excluding steroid dienone is 2. The average Bonchev–Trinajstić information content (AvgIpc) is 2.53. The molecular weight excluding hydrogens is 284 g/mol. The first-order valence-corrected chi connectivity index (χ1v) is 9.72. The van der Waals surface area contributed by atoms with E-state index in [-0.39, 0.29) is 0 Å². The van der Waals surface area contributed by atoms with E-state index in [0.717, 1.165) is 18.3 Å². The average molecular weight is 323 g/mol. The molecule has 23 heavy (non-hydrogen) atoms. The van der Waals surface area contributed by atoms with E-state index in [4.69, 9.17) is 9.47 Å². The summed E-state index contributed by atoms with van der Waals surface area (Å²) in [4.78, 5) is 0. The molecule has 1 atom stereocenters. The van der Waals surface area contributed by atoms with Crippen LogP contribution in [-0.2, 0) is 9.47 Å². The van der Waals surface area contributed by atoms with Crippen molar-refractivity contribution in [2.75, 3.05) is 0 Å². The maximum Gasteiger partial charge on any atom is 0.0952 e. The van der Waals surface area contributed by atoms with E-state index in [9.17, 15) is 0 Å². The molecule has 134 valence electrons. The van der Waals surface area contributed by atoms with E-state index < -0.39 is 0 Å². The van der Waals surface area contributed by atoms with Gasteiger partial charge < -0.3 is 9.47 Å². The van der Waals surface area contributed by atoms with Crippen LogP contribution >= 0.6 is 0 Å². The summed E-state index contributed by atoms with van der Waals surface area (Å²) in [6.07, 6.45) is 20.3. The Morgan fingerprint density at radius 1 is 0.913 bits per heavy atom. The van der Waals surface area contributed by atoms with Gasteiger partial charge in [0, 0.05) is 0 Å². The van der Waals surface area contributed by atoms with Gasteiger partial charge in [-0.1, -0.05) is 26.2 Å². The van der Waals surface area contributed by atoms with Crippen LogP contribution < -0.4 is 0 Å². The van der Waals surface area contributed by atoms with Gasteiger partial charge in [0.2, 0.25) is 0 Å². The van der Waals surface area contributed by atoms with Crippen LogP contribution in [0.15, 0.2) is 24.7 Å². The molecule has 0 N–H and O–H groups in total. The number of unbranched alkanes of at least 4 members (excludes halogenated alkanes) is 2. The summed E-state index contributed by atoms with van der Waals surface area (Å²) in [6, 6.07) is 0. The van der Waals surface area contributed by atoms with E-state index in [1.54, 1.807) is 0 Å². The summed E-state index contributed by atoms with van der Waals surface area (Å²) in [5.41, 5.74) is 0. The third-order valence-electron chi connectivity index (χ3n) is 4.68. The van der Waals surface area contributed by atoms with Crippen molar-refractivity contribution in [1.82, 2.24) is 0 Å². The molecule has 0 bridgehead atoms. The summed E-state index contributed by atoms with van der Waals surface area (Å²) in [5, 5.41) is 0. The molecular formula is C21H38O2. The lowest BCUT2D eigenvalue weighted by molar-refractivity contribution is 0.116. The second kappa shape index (κ2) is 12.5. The van der Waals surface area contributed by atoms with Crippen molar-refractivity contribution in [1.29, 1.82) is 0 Å². The highest BCUT2D eigenvalue weighted by Crippen LogP contribution is 2.33. The first kappa shape index (κ1) is 20.1. The number of rotatable bonds is 11. The van der Waals surface area contributed by atoms with Gasteiger partial charge in [0.05, 0.1) is 24.7 Å². The summed E-state index contributed by atoms with van der Waals surface area (Å²) in [7, 11) is 0. The Bertz CT molecular complexity index is 325. The SMILES string of the molecule is CCCC/C=C/OC(C)CC1CCC(C/C=C/OC(C)C)CC1. The fourth-order valence-corrected chi connectivity index (χ4v) is 3.27. The van der Waals surface area contributed by atoms with Crippen molar-refractivity contribution in [2.24, 2.45) is 11.8 Å². The van der Waals surface area contributed by atoms with Gasteiger partial charge in [-0.05, 0) is 83.3 Å². The van der Waals surface area contributed by atoms with Gasteiger partial charge in [-0.25, -0.2) is 0 Å². The molecule has 0 aromatic heterocycles. The predicted octanol–water partition coefficient (Wildman–Crippen LogP) is 6.62. The third kappa shape index (κ3) is 10.5. The Balaban J connectivity index is 2.11. The molecule has 0 spiro atoms. The lowest BCUT2D eigenvalue weighted by atomic mass is 9.78. The van der Waals surface area contributed by atoms with E-state index in [0.29, 0.717) is 12.2 Å². The van der Waals surface area contributed by atoms with Crippen LogP contribution in [0.4, 0.5) is 0 Å². The van der Waals surface area contributed by atoms with Gasteiger partial charge in [-0.15, -0.1) is 0 Å². The number of hydrogen-bond acceptors (Lipinski definition) is 2. The fraction of sp³-hybridized carbons (Fsp3) is 0.810. The van der Waals surface area contributed by atoms with Gasteiger partial charge in [0.15, 0.2) is 0 Å². The molecule has 2 nitrogen and oxygen atoms in total. The zero-order valence-electron chi connectivity index (χ0n) is 15.8. The predicted molar refractivity (Wildman–Crippen MR) is 99.3 cm³/mol. The minimum Gasteiger partial charge on any atom is -0.499 e. The standard InChI is InChI=1S/C21H38O2/c1-5-6-7-8-15-23-19(4)17-21-13-11-20(12-14-21)10-9-16-22-18(2)3/h8-9,15-16,18-21H,5-7,10-14,17H2,1-4H3/b15-8+,16-9+. The van der Waals surface area contributed by atoms with Gasteiger partial charge >= 0.3 is 0 Å². The zero-order valence-corrected chi connectivity index (χ0v) is 15.8. The molecule has 1 aliphatic carbocycles. The van der Waals surface area contributed by atoms with Crippen molar-refractivity contribution in [2.45, 2.75) is 97.7 Å². The van der Waals surface area contributed by atoms with Gasteiger partial charge in [0.1, 0.15) is 0 Å². The maximum atomic E-state index is 5.81. The van der Waals surface area contributed by atoms with E-state index in [2.05, 4.69) is 39.8 Å². The monoisotopic (exact) mass is 322 g/mol. The molecule has 1 aliphatic rings. The Hall–Kier alpha value is -0.920. The molecule has 0 radical (unpaired) electrons. The Labute approximate surface area is 144 Å². The quantitative estimate of drug-likeness (QED) is 0.314. The van der Waals surface area contributed by atoms with E-state index in [1.807, 2.05) is 12.5 Å². The van der Waals surface area contributed by atoms with Gasteiger partial charge in [0.25, 0.3) is 0 Å². The zero-order chi connectivity index (χ0) is 16.9. The number of ether oxygens (including phenoxy) is 2. The molecule has 0 heterocycles. The molecule has 0 saturated heterocycles. The first-order chi connectivity index (χ1) is 11.1. The smallest absolute Gasteiger partial charge is 0.0952 e. The Morgan fingerprint density at radius 2 is 1.57 bits per heavy atom. The maximum absolute atomic E-state index is 5.81. The highest BCUT2D eigenvalue weighted by molar-refractivity contribution is 4.83. The summed E-state index contributed by atoms with van der Waals surface area (Å²) < 4.78 is 11.3. The van der Waals surface area contributed by atoms with Gasteiger partial charge in [-0.2, -0.15) is 0 Å².